The van der Waals surface area contributed by atoms with Crippen LogP contribution in [-0.2, 0) is 0 Å². The monoisotopic (exact) mass is 162 g/mol. The fourth-order valence-electron chi connectivity index (χ4n) is 1.27. The van der Waals surface area contributed by atoms with E-state index in [0.717, 1.165) is 11.3 Å². The molecule has 0 atom stereocenters. The molecular formula is C10H14N2. The average Bonchev–Trinajstić information content (AvgIpc) is 2.49. The van der Waals surface area contributed by atoms with Gasteiger partial charge in [-0.2, -0.15) is 0 Å². The van der Waals surface area contributed by atoms with Crippen LogP contribution in [0.4, 0.5) is 0 Å². The second-order valence-corrected chi connectivity index (χ2v) is 3.31. The molecule has 0 saturated carbocycles. The van der Waals surface area contributed by atoms with E-state index in [1.54, 1.807) is 0 Å². The van der Waals surface area contributed by atoms with E-state index in [2.05, 4.69) is 35.9 Å². The number of rotatable bonds is 1. The van der Waals surface area contributed by atoms with Crippen molar-refractivity contribution in [1.82, 2.24) is 9.97 Å². The summed E-state index contributed by atoms with van der Waals surface area (Å²) >= 11 is 0. The van der Waals surface area contributed by atoms with Gasteiger partial charge < -0.3 is 4.98 Å². The number of pyridine rings is 1. The first kappa shape index (κ1) is 7.35. The molecule has 0 amide bonds. The lowest BCUT2D eigenvalue weighted by atomic mass is 10.1. The molecule has 2 aromatic rings. The molecule has 2 nitrogen and oxygen atoms in total. The zero-order chi connectivity index (χ0) is 8.55. The van der Waals surface area contributed by atoms with Crippen LogP contribution in [0.1, 0.15) is 26.9 Å². The summed E-state index contributed by atoms with van der Waals surface area (Å²) in [6.07, 6.45) is 1.92. The summed E-state index contributed by atoms with van der Waals surface area (Å²) in [7, 11) is 0. The summed E-state index contributed by atoms with van der Waals surface area (Å²) in [6.45, 7) is 4.30. The van der Waals surface area contributed by atoms with Gasteiger partial charge in [0.25, 0.3) is 0 Å². The minimum absolute atomic E-state index is 0. The summed E-state index contributed by atoms with van der Waals surface area (Å²) in [5.41, 5.74) is 2.13. The third kappa shape index (κ3) is 1.09. The van der Waals surface area contributed by atoms with Crippen molar-refractivity contribution in [1.29, 1.82) is 0 Å². The van der Waals surface area contributed by atoms with Crippen LogP contribution in [0, 0.1) is 0 Å². The zero-order valence-electron chi connectivity index (χ0n) is 7.33. The number of aromatic nitrogens is 2. The van der Waals surface area contributed by atoms with Crippen molar-refractivity contribution in [3.05, 3.63) is 30.1 Å². The SMILES string of the molecule is CC(C)c1ccc2cc[nH]c2n1.[HH]. The van der Waals surface area contributed by atoms with Crippen LogP contribution in [0.25, 0.3) is 11.0 Å². The summed E-state index contributed by atoms with van der Waals surface area (Å²) in [5.74, 6) is 0.498. The summed E-state index contributed by atoms with van der Waals surface area (Å²) in [5, 5.41) is 1.18. The molecule has 0 fully saturated rings. The quantitative estimate of drug-likeness (QED) is 0.686. The molecular weight excluding hydrogens is 148 g/mol. The Labute approximate surface area is 73.1 Å². The van der Waals surface area contributed by atoms with Gasteiger partial charge in [0.2, 0.25) is 0 Å². The molecule has 2 heterocycles. The molecule has 64 valence electrons. The lowest BCUT2D eigenvalue weighted by Gasteiger charge is -2.02. The van der Waals surface area contributed by atoms with Gasteiger partial charge in [-0.05, 0) is 24.1 Å². The molecule has 0 aliphatic carbocycles. The van der Waals surface area contributed by atoms with Crippen molar-refractivity contribution in [2.75, 3.05) is 0 Å². The highest BCUT2D eigenvalue weighted by Gasteiger charge is 2.01. The van der Waals surface area contributed by atoms with Gasteiger partial charge >= 0.3 is 0 Å². The number of aromatic amines is 1. The van der Waals surface area contributed by atoms with Gasteiger partial charge in [-0.3, -0.25) is 0 Å². The van der Waals surface area contributed by atoms with Crippen molar-refractivity contribution < 1.29 is 1.43 Å². The van der Waals surface area contributed by atoms with E-state index in [0.29, 0.717) is 5.92 Å². The number of nitrogens with zero attached hydrogens (tertiary/aromatic N) is 1. The van der Waals surface area contributed by atoms with Crippen molar-refractivity contribution in [3.8, 4) is 0 Å². The molecule has 1 N–H and O–H groups in total. The fraction of sp³-hybridized carbons (Fsp3) is 0.300. The first-order valence-corrected chi connectivity index (χ1v) is 4.21. The van der Waals surface area contributed by atoms with Crippen LogP contribution < -0.4 is 0 Å². The highest BCUT2D eigenvalue weighted by molar-refractivity contribution is 5.75. The maximum absolute atomic E-state index is 4.48. The highest BCUT2D eigenvalue weighted by atomic mass is 14.8. The highest BCUT2D eigenvalue weighted by Crippen LogP contribution is 2.15. The molecule has 0 bridgehead atoms. The number of hydrogen-bond donors (Lipinski definition) is 1. The van der Waals surface area contributed by atoms with Gasteiger partial charge in [0.05, 0.1) is 0 Å². The largest absolute Gasteiger partial charge is 0.346 e. The normalized spacial score (nSPS) is 11.2. The predicted molar refractivity (Wildman–Crippen MR) is 52.3 cm³/mol. The van der Waals surface area contributed by atoms with E-state index in [4.69, 9.17) is 0 Å². The zero-order valence-corrected chi connectivity index (χ0v) is 7.33. The van der Waals surface area contributed by atoms with E-state index in [1.807, 2.05) is 12.3 Å². The van der Waals surface area contributed by atoms with Crippen LogP contribution in [-0.4, -0.2) is 9.97 Å². The maximum atomic E-state index is 4.48. The second-order valence-electron chi connectivity index (χ2n) is 3.31. The molecule has 0 aliphatic heterocycles. The van der Waals surface area contributed by atoms with Crippen molar-refractivity contribution in [3.63, 3.8) is 0 Å². The molecule has 0 aliphatic rings. The molecule has 2 aromatic heterocycles. The van der Waals surface area contributed by atoms with E-state index in [-0.39, 0.29) is 1.43 Å². The molecule has 0 unspecified atom stereocenters. The summed E-state index contributed by atoms with van der Waals surface area (Å²) < 4.78 is 0. The molecule has 0 aromatic carbocycles. The van der Waals surface area contributed by atoms with Gasteiger partial charge in [0, 0.05) is 18.7 Å². The average molecular weight is 162 g/mol. The number of H-pyrrole nitrogens is 1. The number of hydrogen-bond acceptors (Lipinski definition) is 1. The van der Waals surface area contributed by atoms with Crippen molar-refractivity contribution in [2.24, 2.45) is 0 Å². The standard InChI is InChI=1S/C10H12N2.H2/c1-7(2)9-4-3-8-5-6-11-10(8)12-9;/h3-7H,1-2H3,(H,11,12);1H. The Morgan fingerprint density at radius 1 is 1.33 bits per heavy atom. The Kier molecular flexibility index (Phi) is 1.61. The fourth-order valence-corrected chi connectivity index (χ4v) is 1.27. The molecule has 2 rings (SSSR count). The van der Waals surface area contributed by atoms with Crippen LogP contribution in [0.15, 0.2) is 24.4 Å². The van der Waals surface area contributed by atoms with Crippen LogP contribution in [0.2, 0.25) is 0 Å². The Morgan fingerprint density at radius 3 is 2.92 bits per heavy atom. The minimum Gasteiger partial charge on any atom is -0.346 e. The summed E-state index contributed by atoms with van der Waals surface area (Å²) in [6, 6.07) is 6.22. The predicted octanol–water partition coefficient (Wildman–Crippen LogP) is 2.93. The molecule has 0 saturated heterocycles. The van der Waals surface area contributed by atoms with Crippen molar-refractivity contribution in [2.45, 2.75) is 19.8 Å². The van der Waals surface area contributed by atoms with E-state index in [1.165, 1.54) is 5.39 Å². The third-order valence-electron chi connectivity index (χ3n) is 2.02. The molecule has 0 radical (unpaired) electrons. The van der Waals surface area contributed by atoms with E-state index >= 15 is 0 Å². The number of fused-ring (bicyclic) bond motifs is 1. The van der Waals surface area contributed by atoms with Gasteiger partial charge in [-0.15, -0.1) is 0 Å². The van der Waals surface area contributed by atoms with Crippen molar-refractivity contribution >= 4 is 11.0 Å². The molecule has 12 heavy (non-hydrogen) atoms. The Hall–Kier alpha value is -1.31. The number of nitrogens with one attached hydrogen (secondary N) is 1. The lowest BCUT2D eigenvalue weighted by Crippen LogP contribution is -1.91. The topological polar surface area (TPSA) is 28.7 Å². The van der Waals surface area contributed by atoms with Gasteiger partial charge in [0.1, 0.15) is 5.65 Å². The van der Waals surface area contributed by atoms with Gasteiger partial charge in [-0.1, -0.05) is 13.8 Å². The summed E-state index contributed by atoms with van der Waals surface area (Å²) in [4.78, 5) is 7.58. The lowest BCUT2D eigenvalue weighted by molar-refractivity contribution is 0.828. The Balaban J connectivity index is 0.000000845. The van der Waals surface area contributed by atoms with Crippen LogP contribution in [0.5, 0.6) is 0 Å². The first-order valence-electron chi connectivity index (χ1n) is 4.21. The molecule has 2 heteroatoms. The van der Waals surface area contributed by atoms with E-state index in [9.17, 15) is 0 Å². The maximum Gasteiger partial charge on any atom is 0.137 e. The minimum atomic E-state index is 0. The first-order chi connectivity index (χ1) is 5.77. The van der Waals surface area contributed by atoms with E-state index < -0.39 is 0 Å². The smallest absolute Gasteiger partial charge is 0.137 e. The molecule has 0 spiro atoms. The Morgan fingerprint density at radius 2 is 2.17 bits per heavy atom. The second kappa shape index (κ2) is 2.63. The van der Waals surface area contributed by atoms with Gasteiger partial charge in [0.15, 0.2) is 0 Å². The Bertz CT molecular complexity index is 392. The van der Waals surface area contributed by atoms with Crippen LogP contribution in [0.3, 0.4) is 0 Å². The van der Waals surface area contributed by atoms with Crippen LogP contribution >= 0.6 is 0 Å². The van der Waals surface area contributed by atoms with Gasteiger partial charge in [-0.25, -0.2) is 4.98 Å². The third-order valence-corrected chi connectivity index (χ3v) is 2.02.